The summed E-state index contributed by atoms with van der Waals surface area (Å²) in [5.41, 5.74) is 0.739. The smallest absolute Gasteiger partial charge is 0.387 e. The van der Waals surface area contributed by atoms with Gasteiger partial charge in [0.2, 0.25) is 5.91 Å². The van der Waals surface area contributed by atoms with E-state index in [4.69, 9.17) is 16.3 Å². The summed E-state index contributed by atoms with van der Waals surface area (Å²) in [6, 6.07) is 6.68. The van der Waals surface area contributed by atoms with Crippen molar-refractivity contribution in [2.45, 2.75) is 36.1 Å². The van der Waals surface area contributed by atoms with Gasteiger partial charge in [0.25, 0.3) is 10.0 Å². The number of benzene rings is 1. The second-order valence-electron chi connectivity index (χ2n) is 6.74. The SMILES string of the molecule is COc1cc(CCNC(=O)C2CCCN2S(=O)(=O)c2ccc(Cl)s2)ccc1OC(F)F. The molecule has 31 heavy (non-hydrogen) atoms. The molecule has 1 amide bonds. The Hall–Kier alpha value is -1.95. The average Bonchev–Trinajstić information content (AvgIpc) is 3.38. The van der Waals surface area contributed by atoms with Gasteiger partial charge in [-0.1, -0.05) is 17.7 Å². The molecule has 2 aromatic rings. The zero-order chi connectivity index (χ0) is 22.6. The van der Waals surface area contributed by atoms with Gasteiger partial charge in [0.15, 0.2) is 11.5 Å². The van der Waals surface area contributed by atoms with Crippen LogP contribution in [-0.4, -0.2) is 51.5 Å². The van der Waals surface area contributed by atoms with E-state index in [-0.39, 0.29) is 34.7 Å². The Bertz CT molecular complexity index is 1030. The number of nitrogens with one attached hydrogen (secondary N) is 1. The molecule has 1 aromatic heterocycles. The van der Waals surface area contributed by atoms with Crippen LogP contribution >= 0.6 is 22.9 Å². The Balaban J connectivity index is 1.60. The summed E-state index contributed by atoms with van der Waals surface area (Å²) in [6.07, 6.45) is 1.41. The number of nitrogens with zero attached hydrogens (tertiary/aromatic N) is 1. The number of amides is 1. The van der Waals surface area contributed by atoms with Crippen LogP contribution in [0.15, 0.2) is 34.5 Å². The molecule has 170 valence electrons. The molecular weight excluding hydrogens is 474 g/mol. The van der Waals surface area contributed by atoms with Gasteiger partial charge in [-0.3, -0.25) is 4.79 Å². The molecule has 12 heteroatoms. The topological polar surface area (TPSA) is 84.9 Å². The number of hydrogen-bond donors (Lipinski definition) is 1. The maximum Gasteiger partial charge on any atom is 0.387 e. The number of hydrogen-bond acceptors (Lipinski definition) is 6. The largest absolute Gasteiger partial charge is 0.493 e. The van der Waals surface area contributed by atoms with Crippen molar-refractivity contribution in [3.05, 3.63) is 40.2 Å². The molecule has 2 heterocycles. The number of ether oxygens (including phenoxy) is 2. The van der Waals surface area contributed by atoms with Gasteiger partial charge in [-0.2, -0.15) is 13.1 Å². The van der Waals surface area contributed by atoms with Crippen molar-refractivity contribution < 1.29 is 31.5 Å². The van der Waals surface area contributed by atoms with E-state index < -0.39 is 22.7 Å². The Morgan fingerprint density at radius 2 is 2.10 bits per heavy atom. The summed E-state index contributed by atoms with van der Waals surface area (Å²) in [7, 11) is -2.46. The van der Waals surface area contributed by atoms with Gasteiger partial charge in [0, 0.05) is 13.1 Å². The number of halogens is 3. The summed E-state index contributed by atoms with van der Waals surface area (Å²) < 4.78 is 61.7. The molecule has 0 bridgehead atoms. The quantitative estimate of drug-likeness (QED) is 0.576. The van der Waals surface area contributed by atoms with Crippen LogP contribution in [0.1, 0.15) is 18.4 Å². The first kappa shape index (κ1) is 23.7. The molecule has 3 rings (SSSR count). The van der Waals surface area contributed by atoms with Crippen molar-refractivity contribution in [1.82, 2.24) is 9.62 Å². The summed E-state index contributed by atoms with van der Waals surface area (Å²) in [4.78, 5) is 12.7. The molecule has 0 spiro atoms. The fourth-order valence-corrected chi connectivity index (χ4v) is 6.62. The molecule has 1 atom stereocenters. The minimum Gasteiger partial charge on any atom is -0.493 e. The second kappa shape index (κ2) is 10.1. The number of methoxy groups -OCH3 is 1. The summed E-state index contributed by atoms with van der Waals surface area (Å²) in [6.45, 7) is -2.46. The molecule has 0 aliphatic carbocycles. The third-order valence-corrected chi connectivity index (χ3v) is 8.38. The lowest BCUT2D eigenvalue weighted by Crippen LogP contribution is -2.46. The van der Waals surface area contributed by atoms with E-state index in [1.165, 1.54) is 29.6 Å². The van der Waals surface area contributed by atoms with E-state index in [1.807, 2.05) is 0 Å². The Kier molecular flexibility index (Phi) is 7.73. The third-order valence-electron chi connectivity index (χ3n) is 4.77. The van der Waals surface area contributed by atoms with Crippen LogP contribution in [-0.2, 0) is 21.2 Å². The van der Waals surface area contributed by atoms with Crippen LogP contribution in [0.5, 0.6) is 11.5 Å². The molecule has 1 aliphatic rings. The van der Waals surface area contributed by atoms with Crippen molar-refractivity contribution in [3.8, 4) is 11.5 Å². The number of alkyl halides is 2. The van der Waals surface area contributed by atoms with Crippen LogP contribution in [0.25, 0.3) is 0 Å². The van der Waals surface area contributed by atoms with Crippen molar-refractivity contribution >= 4 is 38.9 Å². The minimum atomic E-state index is -3.80. The molecule has 1 unspecified atom stereocenters. The molecule has 7 nitrogen and oxygen atoms in total. The van der Waals surface area contributed by atoms with Crippen molar-refractivity contribution in [1.29, 1.82) is 0 Å². The summed E-state index contributed by atoms with van der Waals surface area (Å²) in [5.74, 6) is -0.300. The van der Waals surface area contributed by atoms with Crippen LogP contribution in [0.3, 0.4) is 0 Å². The van der Waals surface area contributed by atoms with Gasteiger partial charge in [0.05, 0.1) is 11.4 Å². The number of thiophene rings is 1. The normalized spacial score (nSPS) is 17.1. The number of sulfonamides is 1. The van der Waals surface area contributed by atoms with E-state index in [2.05, 4.69) is 10.1 Å². The molecular formula is C19H21ClF2N2O5S2. The van der Waals surface area contributed by atoms with Gasteiger partial charge >= 0.3 is 6.61 Å². The number of carbonyl (C=O) groups excluding carboxylic acids is 1. The predicted molar refractivity (Wildman–Crippen MR) is 113 cm³/mol. The van der Waals surface area contributed by atoms with Crippen LogP contribution in [0.2, 0.25) is 4.34 Å². The first-order valence-electron chi connectivity index (χ1n) is 9.39. The standard InChI is InChI=1S/C19H21ClF2N2O5S2/c1-28-15-11-12(4-5-14(15)29-19(21)22)8-9-23-18(25)13-3-2-10-24(13)31(26,27)17-7-6-16(20)30-17/h4-7,11,13,19H,2-3,8-10H2,1H3,(H,23,25). The zero-order valence-corrected chi connectivity index (χ0v) is 18.9. The van der Waals surface area contributed by atoms with Crippen molar-refractivity contribution in [2.75, 3.05) is 20.2 Å². The lowest BCUT2D eigenvalue weighted by molar-refractivity contribution is -0.124. The molecule has 0 radical (unpaired) electrons. The average molecular weight is 495 g/mol. The van der Waals surface area contributed by atoms with Crippen LogP contribution in [0, 0.1) is 0 Å². The molecule has 1 aromatic carbocycles. The van der Waals surface area contributed by atoms with Gasteiger partial charge in [0.1, 0.15) is 10.3 Å². The first-order valence-corrected chi connectivity index (χ1v) is 12.0. The van der Waals surface area contributed by atoms with E-state index in [0.717, 1.165) is 16.9 Å². The maximum atomic E-state index is 12.9. The second-order valence-corrected chi connectivity index (χ2v) is 10.6. The Morgan fingerprint density at radius 1 is 1.32 bits per heavy atom. The lowest BCUT2D eigenvalue weighted by atomic mass is 10.1. The molecule has 1 N–H and O–H groups in total. The highest BCUT2D eigenvalue weighted by Crippen LogP contribution is 2.32. The molecule has 1 saturated heterocycles. The van der Waals surface area contributed by atoms with Crippen LogP contribution in [0.4, 0.5) is 8.78 Å². The molecule has 0 saturated carbocycles. The first-order chi connectivity index (χ1) is 14.7. The van der Waals surface area contributed by atoms with E-state index in [9.17, 15) is 22.0 Å². The minimum absolute atomic E-state index is 0.0780. The van der Waals surface area contributed by atoms with Crippen molar-refractivity contribution in [2.24, 2.45) is 0 Å². The Morgan fingerprint density at radius 3 is 2.74 bits per heavy atom. The lowest BCUT2D eigenvalue weighted by Gasteiger charge is -2.22. The van der Waals surface area contributed by atoms with Gasteiger partial charge in [-0.15, -0.1) is 11.3 Å². The third kappa shape index (κ3) is 5.65. The van der Waals surface area contributed by atoms with Gasteiger partial charge < -0.3 is 14.8 Å². The van der Waals surface area contributed by atoms with Crippen molar-refractivity contribution in [3.63, 3.8) is 0 Å². The molecule has 1 fully saturated rings. The summed E-state index contributed by atoms with van der Waals surface area (Å²) in [5, 5.41) is 2.76. The van der Waals surface area contributed by atoms with E-state index in [1.54, 1.807) is 12.1 Å². The van der Waals surface area contributed by atoms with Gasteiger partial charge in [-0.25, -0.2) is 8.42 Å². The predicted octanol–water partition coefficient (Wildman–Crippen LogP) is 3.52. The van der Waals surface area contributed by atoms with E-state index >= 15 is 0 Å². The monoisotopic (exact) mass is 494 g/mol. The number of carbonyl (C=O) groups is 1. The van der Waals surface area contributed by atoms with E-state index in [0.29, 0.717) is 23.6 Å². The van der Waals surface area contributed by atoms with Crippen LogP contribution < -0.4 is 14.8 Å². The number of rotatable bonds is 9. The Labute approximate surface area is 188 Å². The highest BCUT2D eigenvalue weighted by atomic mass is 35.5. The maximum absolute atomic E-state index is 12.9. The highest BCUT2D eigenvalue weighted by Gasteiger charge is 2.39. The fraction of sp³-hybridized carbons (Fsp3) is 0.421. The zero-order valence-electron chi connectivity index (χ0n) is 16.5. The highest BCUT2D eigenvalue weighted by molar-refractivity contribution is 7.91. The fourth-order valence-electron chi connectivity index (χ4n) is 3.35. The van der Waals surface area contributed by atoms with Gasteiger partial charge in [-0.05, 0) is 49.1 Å². The molecule has 1 aliphatic heterocycles. The summed E-state index contributed by atoms with van der Waals surface area (Å²) >= 11 is 6.81.